The van der Waals surface area contributed by atoms with Gasteiger partial charge in [-0.05, 0) is 13.3 Å². The second-order valence-electron chi connectivity index (χ2n) is 5.16. The lowest BCUT2D eigenvalue weighted by atomic mass is 9.85. The van der Waals surface area contributed by atoms with Crippen LogP contribution in [0.3, 0.4) is 0 Å². The third-order valence-electron chi connectivity index (χ3n) is 4.26. The van der Waals surface area contributed by atoms with E-state index >= 15 is 0 Å². The van der Waals surface area contributed by atoms with E-state index in [0.717, 1.165) is 44.2 Å². The van der Waals surface area contributed by atoms with Gasteiger partial charge in [0.05, 0.1) is 18.2 Å². The molecule has 2 rings (SSSR count). The second-order valence-corrected chi connectivity index (χ2v) is 6.14. The first kappa shape index (κ1) is 14.9. The van der Waals surface area contributed by atoms with E-state index in [9.17, 15) is 0 Å². The number of aromatic nitrogens is 1. The maximum atomic E-state index is 5.83. The van der Waals surface area contributed by atoms with Crippen LogP contribution in [0.2, 0.25) is 0 Å². The minimum absolute atomic E-state index is 0.0319. The number of hydrazine groups is 1. The number of rotatable bonds is 6. The maximum absolute atomic E-state index is 5.83. The first-order valence-corrected chi connectivity index (χ1v) is 7.76. The quantitative estimate of drug-likeness (QED) is 0.603. The van der Waals surface area contributed by atoms with Crippen molar-refractivity contribution < 1.29 is 4.74 Å². The van der Waals surface area contributed by atoms with Crippen LogP contribution in [-0.4, -0.2) is 47.8 Å². The summed E-state index contributed by atoms with van der Waals surface area (Å²) in [6, 6.07) is 0.196. The Morgan fingerprint density at radius 2 is 2.32 bits per heavy atom. The number of morpholine rings is 1. The Bertz CT molecular complexity index is 367. The highest BCUT2D eigenvalue weighted by Gasteiger charge is 2.38. The van der Waals surface area contributed by atoms with Crippen molar-refractivity contribution in [2.75, 3.05) is 26.3 Å². The third-order valence-corrected chi connectivity index (χ3v) is 5.07. The van der Waals surface area contributed by atoms with E-state index in [1.165, 1.54) is 0 Å². The molecule has 0 aromatic carbocycles. The number of thiazole rings is 1. The molecule has 1 aliphatic heterocycles. The van der Waals surface area contributed by atoms with E-state index in [-0.39, 0.29) is 11.6 Å². The molecule has 0 bridgehead atoms. The van der Waals surface area contributed by atoms with Crippen LogP contribution in [0, 0.1) is 0 Å². The minimum atomic E-state index is 0.0319. The molecule has 1 fully saturated rings. The predicted octanol–water partition coefficient (Wildman–Crippen LogP) is 1.02. The smallest absolute Gasteiger partial charge is 0.0941 e. The molecule has 6 heteroatoms. The lowest BCUT2D eigenvalue weighted by molar-refractivity contribution is -0.0322. The maximum Gasteiger partial charge on any atom is 0.0941 e. The summed E-state index contributed by atoms with van der Waals surface area (Å²) in [6.45, 7) is 8.08. The lowest BCUT2D eigenvalue weighted by Gasteiger charge is -2.47. The number of hydrogen-bond acceptors (Lipinski definition) is 6. The van der Waals surface area contributed by atoms with Gasteiger partial charge >= 0.3 is 0 Å². The fourth-order valence-corrected chi connectivity index (χ4v) is 3.41. The average Bonchev–Trinajstić information content (AvgIpc) is 2.98. The Hall–Kier alpha value is -0.530. The van der Waals surface area contributed by atoms with E-state index in [1.54, 1.807) is 11.3 Å². The van der Waals surface area contributed by atoms with Gasteiger partial charge in [0, 0.05) is 42.7 Å². The summed E-state index contributed by atoms with van der Waals surface area (Å²) in [6.07, 6.45) is 3.77. The molecule has 1 saturated heterocycles. The number of hydrogen-bond donors (Lipinski definition) is 2. The Balaban J connectivity index is 2.11. The summed E-state index contributed by atoms with van der Waals surface area (Å²) >= 11 is 1.69. The van der Waals surface area contributed by atoms with Crippen LogP contribution < -0.4 is 11.3 Å². The van der Waals surface area contributed by atoms with Crippen LogP contribution in [-0.2, 0) is 11.2 Å². The van der Waals surface area contributed by atoms with Crippen molar-refractivity contribution in [1.82, 2.24) is 15.3 Å². The first-order chi connectivity index (χ1) is 9.20. The van der Waals surface area contributed by atoms with Crippen LogP contribution in [0.15, 0.2) is 11.6 Å². The summed E-state index contributed by atoms with van der Waals surface area (Å²) in [4.78, 5) is 6.87. The van der Waals surface area contributed by atoms with E-state index < -0.39 is 0 Å². The molecule has 108 valence electrons. The molecule has 0 aliphatic carbocycles. The molecule has 1 aromatic rings. The Morgan fingerprint density at radius 3 is 2.84 bits per heavy atom. The van der Waals surface area contributed by atoms with Gasteiger partial charge in [0.25, 0.3) is 0 Å². The van der Waals surface area contributed by atoms with Crippen molar-refractivity contribution in [2.24, 2.45) is 5.84 Å². The largest absolute Gasteiger partial charge is 0.379 e. The molecule has 3 N–H and O–H groups in total. The molecule has 1 aliphatic rings. The SMILES string of the molecule is CCC(C)(C(Cc1nccs1)NN)N1CCOCC1. The van der Waals surface area contributed by atoms with E-state index in [4.69, 9.17) is 10.6 Å². The fraction of sp³-hybridized carbons (Fsp3) is 0.769. The van der Waals surface area contributed by atoms with Gasteiger partial charge in [-0.25, -0.2) is 4.98 Å². The normalized spacial score (nSPS) is 22.1. The highest BCUT2D eigenvalue weighted by atomic mass is 32.1. The van der Waals surface area contributed by atoms with Gasteiger partial charge in [-0.1, -0.05) is 6.92 Å². The molecule has 0 amide bonds. The summed E-state index contributed by atoms with van der Waals surface area (Å²) in [7, 11) is 0. The average molecular weight is 284 g/mol. The Morgan fingerprint density at radius 1 is 1.58 bits per heavy atom. The monoisotopic (exact) mass is 284 g/mol. The predicted molar refractivity (Wildman–Crippen MR) is 78.0 cm³/mol. The molecular formula is C13H24N4OS. The lowest BCUT2D eigenvalue weighted by Crippen LogP contribution is -2.63. The molecule has 19 heavy (non-hydrogen) atoms. The topological polar surface area (TPSA) is 63.4 Å². The second kappa shape index (κ2) is 6.76. The number of nitrogens with two attached hydrogens (primary N) is 1. The molecular weight excluding hydrogens is 260 g/mol. The van der Waals surface area contributed by atoms with Crippen molar-refractivity contribution in [1.29, 1.82) is 0 Å². The fourth-order valence-electron chi connectivity index (χ4n) is 2.75. The van der Waals surface area contributed by atoms with Crippen molar-refractivity contribution in [3.8, 4) is 0 Å². The number of nitrogens with zero attached hydrogens (tertiary/aromatic N) is 2. The molecule has 2 atom stereocenters. The zero-order valence-corrected chi connectivity index (χ0v) is 12.6. The van der Waals surface area contributed by atoms with Crippen molar-refractivity contribution >= 4 is 11.3 Å². The van der Waals surface area contributed by atoms with Gasteiger partial charge in [0.2, 0.25) is 0 Å². The van der Waals surface area contributed by atoms with Crippen molar-refractivity contribution in [3.63, 3.8) is 0 Å². The van der Waals surface area contributed by atoms with Crippen molar-refractivity contribution in [2.45, 2.75) is 38.3 Å². The van der Waals surface area contributed by atoms with Gasteiger partial charge in [-0.3, -0.25) is 16.2 Å². The summed E-state index contributed by atoms with van der Waals surface area (Å²) in [5, 5.41) is 3.15. The number of nitrogens with one attached hydrogen (secondary N) is 1. The molecule has 0 saturated carbocycles. The Kier molecular flexibility index (Phi) is 5.29. The highest BCUT2D eigenvalue weighted by Crippen LogP contribution is 2.27. The van der Waals surface area contributed by atoms with Crippen LogP contribution in [0.4, 0.5) is 0 Å². The standard InChI is InChI=1S/C13H24N4OS/c1-3-13(2,17-5-7-18-8-6-17)11(16-14)10-12-15-4-9-19-12/h4,9,11,16H,3,5-8,10,14H2,1-2H3. The van der Waals surface area contributed by atoms with Gasteiger partial charge in [-0.2, -0.15) is 0 Å². The van der Waals surface area contributed by atoms with Crippen LogP contribution in [0.25, 0.3) is 0 Å². The van der Waals surface area contributed by atoms with Gasteiger partial charge in [-0.15, -0.1) is 11.3 Å². The van der Waals surface area contributed by atoms with Crippen LogP contribution in [0.1, 0.15) is 25.3 Å². The third kappa shape index (κ3) is 3.32. The van der Waals surface area contributed by atoms with Crippen LogP contribution >= 0.6 is 11.3 Å². The molecule has 0 radical (unpaired) electrons. The van der Waals surface area contributed by atoms with E-state index in [0.29, 0.717) is 0 Å². The van der Waals surface area contributed by atoms with Gasteiger partial charge < -0.3 is 4.74 Å². The Labute approximate surface area is 119 Å². The van der Waals surface area contributed by atoms with Gasteiger partial charge in [0.15, 0.2) is 0 Å². The number of ether oxygens (including phenoxy) is 1. The zero-order chi connectivity index (χ0) is 13.7. The van der Waals surface area contributed by atoms with E-state index in [2.05, 4.69) is 29.2 Å². The molecule has 2 heterocycles. The molecule has 0 spiro atoms. The molecule has 1 aromatic heterocycles. The molecule has 5 nitrogen and oxygen atoms in total. The first-order valence-electron chi connectivity index (χ1n) is 6.88. The van der Waals surface area contributed by atoms with E-state index in [1.807, 2.05) is 11.6 Å². The summed E-state index contributed by atoms with van der Waals surface area (Å²) in [5.74, 6) is 5.83. The summed E-state index contributed by atoms with van der Waals surface area (Å²) < 4.78 is 5.46. The van der Waals surface area contributed by atoms with Crippen LogP contribution in [0.5, 0.6) is 0 Å². The summed E-state index contributed by atoms with van der Waals surface area (Å²) in [5.41, 5.74) is 3.05. The highest BCUT2D eigenvalue weighted by molar-refractivity contribution is 7.09. The van der Waals surface area contributed by atoms with Gasteiger partial charge in [0.1, 0.15) is 0 Å². The minimum Gasteiger partial charge on any atom is -0.379 e. The molecule has 2 unspecified atom stereocenters. The van der Waals surface area contributed by atoms with Crippen molar-refractivity contribution in [3.05, 3.63) is 16.6 Å². The zero-order valence-electron chi connectivity index (χ0n) is 11.8.